The van der Waals surface area contributed by atoms with Crippen LogP contribution in [0.3, 0.4) is 0 Å². The molecule has 0 amide bonds. The Balaban J connectivity index is 2.00. The molecule has 86 valence electrons. The van der Waals surface area contributed by atoms with Crippen LogP contribution < -0.4 is 0 Å². The summed E-state index contributed by atoms with van der Waals surface area (Å²) in [6.45, 7) is 3.69. The number of nitrogens with one attached hydrogen (secondary N) is 1. The zero-order valence-corrected chi connectivity index (χ0v) is 10.5. The molecule has 3 heteroatoms. The Bertz CT molecular complexity index is 437. The molecule has 0 saturated heterocycles. The smallest absolute Gasteiger partial charge is 0.0732 e. The fourth-order valence-electron chi connectivity index (χ4n) is 1.54. The van der Waals surface area contributed by atoms with E-state index in [1.54, 1.807) is 11.8 Å². The molecule has 1 aromatic heterocycles. The van der Waals surface area contributed by atoms with Gasteiger partial charge in [0.05, 0.1) is 10.6 Å². The lowest BCUT2D eigenvalue weighted by Gasteiger charge is -2.15. The summed E-state index contributed by atoms with van der Waals surface area (Å²) in [7, 11) is 0. The van der Waals surface area contributed by atoms with Gasteiger partial charge in [-0.2, -0.15) is 0 Å². The van der Waals surface area contributed by atoms with Crippen molar-refractivity contribution in [2.75, 3.05) is 5.75 Å². The van der Waals surface area contributed by atoms with Crippen LogP contribution in [0.2, 0.25) is 0 Å². The van der Waals surface area contributed by atoms with Crippen molar-refractivity contribution in [2.45, 2.75) is 30.9 Å². The number of aromatic amines is 1. The van der Waals surface area contributed by atoms with Crippen molar-refractivity contribution in [2.24, 2.45) is 0 Å². The van der Waals surface area contributed by atoms with E-state index in [2.05, 4.69) is 23.2 Å². The van der Waals surface area contributed by atoms with Crippen LogP contribution in [0.5, 0.6) is 0 Å². The predicted octanol–water partition coefficient (Wildman–Crippen LogP) is 3.42. The molecular weight excluding hydrogens is 218 g/mol. The third kappa shape index (κ3) is 3.03. The highest BCUT2D eigenvalue weighted by Gasteiger charge is 2.12. The number of H-pyrrole nitrogens is 1. The maximum absolute atomic E-state index is 9.61. The summed E-state index contributed by atoms with van der Waals surface area (Å²) in [4.78, 5) is 3.36. The maximum Gasteiger partial charge on any atom is 0.0732 e. The first kappa shape index (κ1) is 11.6. The maximum atomic E-state index is 9.61. The molecule has 0 spiro atoms. The number of hydrogen-bond donors (Lipinski definition) is 2. The van der Waals surface area contributed by atoms with E-state index in [0.717, 1.165) is 12.2 Å². The van der Waals surface area contributed by atoms with Crippen LogP contribution in [0.1, 0.15) is 20.3 Å². The van der Waals surface area contributed by atoms with Crippen LogP contribution in [0.4, 0.5) is 0 Å². The van der Waals surface area contributed by atoms with Gasteiger partial charge in [0.25, 0.3) is 0 Å². The second kappa shape index (κ2) is 4.52. The van der Waals surface area contributed by atoms with Gasteiger partial charge in [0.1, 0.15) is 0 Å². The van der Waals surface area contributed by atoms with Gasteiger partial charge in [-0.3, -0.25) is 0 Å². The summed E-state index contributed by atoms with van der Waals surface area (Å²) in [6.07, 6.45) is 0.799. The number of hydrogen-bond acceptors (Lipinski definition) is 2. The van der Waals surface area contributed by atoms with Crippen LogP contribution in [0.25, 0.3) is 10.9 Å². The molecule has 0 bridgehead atoms. The minimum absolute atomic E-state index is 0.570. The van der Waals surface area contributed by atoms with Gasteiger partial charge in [0.15, 0.2) is 0 Å². The van der Waals surface area contributed by atoms with Gasteiger partial charge >= 0.3 is 0 Å². The van der Waals surface area contributed by atoms with Crippen molar-refractivity contribution in [1.82, 2.24) is 4.98 Å². The summed E-state index contributed by atoms with van der Waals surface area (Å²) in [5.41, 5.74) is 0.604. The van der Waals surface area contributed by atoms with E-state index in [1.165, 1.54) is 15.9 Å². The lowest BCUT2D eigenvalue weighted by Crippen LogP contribution is -2.18. The molecule has 2 aromatic rings. The van der Waals surface area contributed by atoms with Crippen molar-refractivity contribution < 1.29 is 5.11 Å². The first-order valence-electron chi connectivity index (χ1n) is 5.47. The van der Waals surface area contributed by atoms with E-state index in [9.17, 15) is 5.11 Å². The number of thioether (sulfide) groups is 1. The molecular formula is C13H17NOS. The fraction of sp³-hybridized carbons (Fsp3) is 0.385. The van der Waals surface area contributed by atoms with E-state index in [-0.39, 0.29) is 0 Å². The second-order valence-corrected chi connectivity index (χ2v) is 5.77. The standard InChI is InChI=1S/C13H17NOS/c1-13(2,15)7-8-16-12-9-10-5-3-4-6-11(10)14-12/h3-6,9,14-15H,7-8H2,1-2H3. The largest absolute Gasteiger partial charge is 0.390 e. The van der Waals surface area contributed by atoms with Crippen LogP contribution in [0, 0.1) is 0 Å². The van der Waals surface area contributed by atoms with Crippen molar-refractivity contribution in [3.05, 3.63) is 30.3 Å². The average molecular weight is 235 g/mol. The molecule has 2 N–H and O–H groups in total. The number of aliphatic hydroxyl groups is 1. The zero-order valence-electron chi connectivity index (χ0n) is 9.66. The van der Waals surface area contributed by atoms with Gasteiger partial charge in [-0.15, -0.1) is 11.8 Å². The van der Waals surface area contributed by atoms with Gasteiger partial charge in [-0.25, -0.2) is 0 Å². The summed E-state index contributed by atoms with van der Waals surface area (Å²) in [5, 5.41) is 12.0. The number of aromatic nitrogens is 1. The number of benzene rings is 1. The van der Waals surface area contributed by atoms with E-state index in [4.69, 9.17) is 0 Å². The van der Waals surface area contributed by atoms with Gasteiger partial charge in [0.2, 0.25) is 0 Å². The first-order valence-corrected chi connectivity index (χ1v) is 6.46. The Morgan fingerprint density at radius 2 is 2.06 bits per heavy atom. The molecule has 0 unspecified atom stereocenters. The highest BCUT2D eigenvalue weighted by atomic mass is 32.2. The second-order valence-electron chi connectivity index (χ2n) is 4.63. The average Bonchev–Trinajstić information content (AvgIpc) is 2.57. The molecule has 0 radical (unpaired) electrons. The molecule has 0 aliphatic rings. The normalized spacial score (nSPS) is 12.2. The third-order valence-electron chi connectivity index (χ3n) is 2.48. The summed E-state index contributed by atoms with van der Waals surface area (Å²) >= 11 is 1.76. The van der Waals surface area contributed by atoms with E-state index in [0.29, 0.717) is 0 Å². The van der Waals surface area contributed by atoms with Crippen LogP contribution in [-0.2, 0) is 0 Å². The number of rotatable bonds is 4. The number of para-hydroxylation sites is 1. The molecule has 0 aliphatic heterocycles. The van der Waals surface area contributed by atoms with Crippen LogP contribution in [0.15, 0.2) is 35.4 Å². The molecule has 2 nitrogen and oxygen atoms in total. The number of fused-ring (bicyclic) bond motifs is 1. The Kier molecular flexibility index (Phi) is 3.26. The molecule has 16 heavy (non-hydrogen) atoms. The Labute approximate surface area is 100 Å². The monoisotopic (exact) mass is 235 g/mol. The summed E-state index contributed by atoms with van der Waals surface area (Å²) < 4.78 is 0. The summed E-state index contributed by atoms with van der Waals surface area (Å²) in [6, 6.07) is 10.4. The van der Waals surface area contributed by atoms with E-state index < -0.39 is 5.60 Å². The molecule has 0 aliphatic carbocycles. The molecule has 1 heterocycles. The van der Waals surface area contributed by atoms with Crippen LogP contribution >= 0.6 is 11.8 Å². The Morgan fingerprint density at radius 1 is 1.31 bits per heavy atom. The van der Waals surface area contributed by atoms with Gasteiger partial charge in [-0.05, 0) is 32.4 Å². The summed E-state index contributed by atoms with van der Waals surface area (Å²) in [5.74, 6) is 0.927. The molecule has 1 aromatic carbocycles. The van der Waals surface area contributed by atoms with Crippen molar-refractivity contribution >= 4 is 22.7 Å². The highest BCUT2D eigenvalue weighted by Crippen LogP contribution is 2.25. The SMILES string of the molecule is CC(C)(O)CCSc1cc2ccccc2[nH]1. The van der Waals surface area contributed by atoms with Gasteiger partial charge in [0, 0.05) is 16.7 Å². The molecule has 0 atom stereocenters. The molecule has 0 fully saturated rings. The lowest BCUT2D eigenvalue weighted by molar-refractivity contribution is 0.0777. The van der Waals surface area contributed by atoms with Gasteiger partial charge < -0.3 is 10.1 Å². The van der Waals surface area contributed by atoms with Crippen LogP contribution in [-0.4, -0.2) is 21.4 Å². The van der Waals surface area contributed by atoms with E-state index >= 15 is 0 Å². The predicted molar refractivity (Wildman–Crippen MR) is 69.9 cm³/mol. The fourth-order valence-corrected chi connectivity index (χ4v) is 2.75. The Morgan fingerprint density at radius 3 is 2.75 bits per heavy atom. The van der Waals surface area contributed by atoms with E-state index in [1.807, 2.05) is 26.0 Å². The quantitative estimate of drug-likeness (QED) is 0.797. The van der Waals surface area contributed by atoms with Gasteiger partial charge in [-0.1, -0.05) is 18.2 Å². The topological polar surface area (TPSA) is 36.0 Å². The van der Waals surface area contributed by atoms with Crippen molar-refractivity contribution in [1.29, 1.82) is 0 Å². The van der Waals surface area contributed by atoms with Crippen molar-refractivity contribution in [3.63, 3.8) is 0 Å². The highest BCUT2D eigenvalue weighted by molar-refractivity contribution is 7.99. The Hall–Kier alpha value is -0.930. The zero-order chi connectivity index (χ0) is 11.6. The lowest BCUT2D eigenvalue weighted by atomic mass is 10.1. The third-order valence-corrected chi connectivity index (χ3v) is 3.42. The first-order chi connectivity index (χ1) is 7.54. The minimum atomic E-state index is -0.570. The molecule has 2 rings (SSSR count). The van der Waals surface area contributed by atoms with Crippen molar-refractivity contribution in [3.8, 4) is 0 Å². The minimum Gasteiger partial charge on any atom is -0.390 e. The molecule has 0 saturated carbocycles.